The molecule has 5 heteroatoms. The van der Waals surface area contributed by atoms with Gasteiger partial charge in [-0.05, 0) is 42.5 Å². The monoisotopic (exact) mass is 342 g/mol. The van der Waals surface area contributed by atoms with Crippen LogP contribution < -0.4 is 5.43 Å². The molecule has 21 heavy (non-hydrogen) atoms. The highest BCUT2D eigenvalue weighted by Crippen LogP contribution is 2.21. The van der Waals surface area contributed by atoms with Gasteiger partial charge < -0.3 is 4.57 Å². The van der Waals surface area contributed by atoms with Gasteiger partial charge in [-0.25, -0.2) is 4.39 Å². The highest BCUT2D eigenvalue weighted by molar-refractivity contribution is 9.10. The van der Waals surface area contributed by atoms with Crippen LogP contribution in [0.15, 0.2) is 57.9 Å². The summed E-state index contributed by atoms with van der Waals surface area (Å²) in [6, 6.07) is 13.1. The van der Waals surface area contributed by atoms with Gasteiger partial charge in [0.25, 0.3) is 0 Å². The molecule has 3 nitrogen and oxygen atoms in total. The third kappa shape index (κ3) is 2.34. The Morgan fingerprint density at radius 1 is 1.14 bits per heavy atom. The van der Waals surface area contributed by atoms with Crippen LogP contribution in [0.2, 0.25) is 0 Å². The lowest BCUT2D eigenvalue weighted by molar-refractivity contribution is 0.627. The Morgan fingerprint density at radius 3 is 2.52 bits per heavy atom. The van der Waals surface area contributed by atoms with Crippen LogP contribution in [0.1, 0.15) is 5.56 Å². The molecule has 0 saturated carbocycles. The molecule has 0 radical (unpaired) electrons. The van der Waals surface area contributed by atoms with Crippen LogP contribution in [0.4, 0.5) is 4.39 Å². The van der Waals surface area contributed by atoms with Crippen molar-refractivity contribution >= 4 is 26.8 Å². The topological polar surface area (TPSA) is 45.8 Å². The van der Waals surface area contributed by atoms with E-state index < -0.39 is 0 Å². The average Bonchev–Trinajstić information content (AvgIpc) is 2.49. The first-order valence-electron chi connectivity index (χ1n) is 6.11. The lowest BCUT2D eigenvalue weighted by Gasteiger charge is -2.12. The molecule has 0 aliphatic carbocycles. The van der Waals surface area contributed by atoms with Crippen molar-refractivity contribution in [1.82, 2.24) is 4.57 Å². The van der Waals surface area contributed by atoms with E-state index >= 15 is 0 Å². The quantitative estimate of drug-likeness (QED) is 0.675. The van der Waals surface area contributed by atoms with Crippen LogP contribution in [-0.4, -0.2) is 4.57 Å². The lowest BCUT2D eigenvalue weighted by Crippen LogP contribution is -2.12. The number of fused-ring (bicyclic) bond motifs is 1. The Bertz CT molecular complexity index is 939. The highest BCUT2D eigenvalue weighted by atomic mass is 79.9. The fraction of sp³-hybridized carbons (Fsp3) is 0. The van der Waals surface area contributed by atoms with Crippen molar-refractivity contribution in [3.05, 3.63) is 74.7 Å². The molecule has 0 amide bonds. The lowest BCUT2D eigenvalue weighted by atomic mass is 10.1. The number of nitriles is 1. The van der Waals surface area contributed by atoms with Crippen molar-refractivity contribution in [3.8, 4) is 11.8 Å². The van der Waals surface area contributed by atoms with Gasteiger partial charge in [0, 0.05) is 21.7 Å². The second kappa shape index (κ2) is 5.15. The highest BCUT2D eigenvalue weighted by Gasteiger charge is 2.10. The summed E-state index contributed by atoms with van der Waals surface area (Å²) in [5.41, 5.74) is 1.08. The van der Waals surface area contributed by atoms with E-state index in [-0.39, 0.29) is 16.8 Å². The Labute approximate surface area is 128 Å². The molecule has 0 unspecified atom stereocenters. The second-order valence-corrected chi connectivity index (χ2v) is 5.41. The van der Waals surface area contributed by atoms with Crippen molar-refractivity contribution in [2.75, 3.05) is 0 Å². The average molecular weight is 343 g/mol. The first-order valence-corrected chi connectivity index (χ1v) is 6.90. The predicted molar refractivity (Wildman–Crippen MR) is 81.9 cm³/mol. The van der Waals surface area contributed by atoms with Crippen LogP contribution in [-0.2, 0) is 0 Å². The minimum absolute atomic E-state index is 0.0462. The molecule has 0 fully saturated rings. The molecule has 1 aromatic heterocycles. The molecular formula is C16H8BrFN2O. The number of rotatable bonds is 1. The fourth-order valence-electron chi connectivity index (χ4n) is 2.20. The molecule has 0 aliphatic rings. The summed E-state index contributed by atoms with van der Waals surface area (Å²) in [5, 5.41) is 9.57. The van der Waals surface area contributed by atoms with Crippen molar-refractivity contribution in [3.63, 3.8) is 0 Å². The maximum Gasteiger partial charge on any atom is 0.207 e. The van der Waals surface area contributed by atoms with Gasteiger partial charge in [0.05, 0.1) is 5.52 Å². The van der Waals surface area contributed by atoms with Crippen LogP contribution in [0.5, 0.6) is 0 Å². The van der Waals surface area contributed by atoms with Crippen molar-refractivity contribution < 1.29 is 4.39 Å². The molecule has 102 valence electrons. The largest absolute Gasteiger partial charge is 0.315 e. The van der Waals surface area contributed by atoms with E-state index in [4.69, 9.17) is 5.26 Å². The number of hydrogen-bond acceptors (Lipinski definition) is 2. The summed E-state index contributed by atoms with van der Waals surface area (Å²) in [6.07, 6.45) is 1.48. The molecule has 3 aromatic rings. The van der Waals surface area contributed by atoms with Crippen molar-refractivity contribution in [1.29, 1.82) is 5.26 Å². The normalized spacial score (nSPS) is 10.5. The number of nitrogens with zero attached hydrogens (tertiary/aromatic N) is 2. The number of hydrogen-bond donors (Lipinski definition) is 0. The van der Waals surface area contributed by atoms with Crippen LogP contribution >= 0.6 is 15.9 Å². The summed E-state index contributed by atoms with van der Waals surface area (Å²) in [4.78, 5) is 12.2. The Hall–Kier alpha value is -2.45. The third-order valence-electron chi connectivity index (χ3n) is 3.19. The van der Waals surface area contributed by atoms with Gasteiger partial charge in [-0.3, -0.25) is 4.79 Å². The van der Waals surface area contributed by atoms with E-state index in [2.05, 4.69) is 15.9 Å². The molecule has 0 aliphatic heterocycles. The Morgan fingerprint density at radius 2 is 1.86 bits per heavy atom. The van der Waals surface area contributed by atoms with Crippen LogP contribution in [0.25, 0.3) is 16.6 Å². The number of benzene rings is 2. The van der Waals surface area contributed by atoms with Gasteiger partial charge in [-0.15, -0.1) is 0 Å². The van der Waals surface area contributed by atoms with Crippen LogP contribution in [0, 0.1) is 17.1 Å². The SMILES string of the molecule is N#Cc1cn(-c2ccc(F)cc2)c2ccc(Br)cc2c1=O. The molecule has 3 rings (SSSR count). The first-order chi connectivity index (χ1) is 10.1. The minimum atomic E-state index is -0.340. The van der Waals surface area contributed by atoms with Gasteiger partial charge in [-0.1, -0.05) is 15.9 Å². The van der Waals surface area contributed by atoms with Crippen molar-refractivity contribution in [2.24, 2.45) is 0 Å². The van der Waals surface area contributed by atoms with Gasteiger partial charge in [0.1, 0.15) is 17.4 Å². The van der Waals surface area contributed by atoms with Gasteiger partial charge >= 0.3 is 0 Å². The fourth-order valence-corrected chi connectivity index (χ4v) is 2.56. The second-order valence-electron chi connectivity index (χ2n) is 4.49. The predicted octanol–water partition coefficient (Wildman–Crippen LogP) is 3.76. The number of pyridine rings is 1. The summed E-state index contributed by atoms with van der Waals surface area (Å²) in [5.74, 6) is -0.340. The zero-order valence-electron chi connectivity index (χ0n) is 10.7. The molecule has 0 atom stereocenters. The maximum absolute atomic E-state index is 13.1. The maximum atomic E-state index is 13.1. The van der Waals surface area contributed by atoms with Gasteiger partial charge in [0.2, 0.25) is 5.43 Å². The van der Waals surface area contributed by atoms with Crippen molar-refractivity contribution in [2.45, 2.75) is 0 Å². The van der Waals surface area contributed by atoms with E-state index in [1.807, 2.05) is 12.1 Å². The zero-order valence-corrected chi connectivity index (χ0v) is 12.3. The van der Waals surface area contributed by atoms with E-state index in [0.29, 0.717) is 16.6 Å². The van der Waals surface area contributed by atoms with E-state index in [9.17, 15) is 9.18 Å². The number of aromatic nitrogens is 1. The summed E-state index contributed by atoms with van der Waals surface area (Å²) < 4.78 is 15.5. The summed E-state index contributed by atoms with van der Waals surface area (Å²) >= 11 is 3.32. The third-order valence-corrected chi connectivity index (χ3v) is 3.68. The smallest absolute Gasteiger partial charge is 0.207 e. The standard InChI is InChI=1S/C16H8BrFN2O/c17-11-1-6-15-14(7-11)16(21)10(8-19)9-20(15)13-4-2-12(18)3-5-13/h1-7,9H. The molecule has 0 bridgehead atoms. The Balaban J connectivity index is 2.42. The molecule has 0 N–H and O–H groups in total. The van der Waals surface area contributed by atoms with Gasteiger partial charge in [0.15, 0.2) is 0 Å². The van der Waals surface area contributed by atoms with E-state index in [1.165, 1.54) is 18.3 Å². The summed E-state index contributed by atoms with van der Waals surface area (Å²) in [6.45, 7) is 0. The number of halogens is 2. The molecule has 1 heterocycles. The molecular weight excluding hydrogens is 335 g/mol. The Kier molecular flexibility index (Phi) is 3.32. The zero-order chi connectivity index (χ0) is 15.0. The molecule has 2 aromatic carbocycles. The minimum Gasteiger partial charge on any atom is -0.315 e. The van der Waals surface area contributed by atoms with E-state index in [0.717, 1.165) is 4.47 Å². The van der Waals surface area contributed by atoms with E-state index in [1.54, 1.807) is 28.8 Å². The molecule has 0 spiro atoms. The first kappa shape index (κ1) is 13.5. The summed E-state index contributed by atoms with van der Waals surface area (Å²) in [7, 11) is 0. The van der Waals surface area contributed by atoms with Crippen LogP contribution in [0.3, 0.4) is 0 Å². The van der Waals surface area contributed by atoms with Gasteiger partial charge in [-0.2, -0.15) is 5.26 Å². The molecule has 0 saturated heterocycles.